The Morgan fingerprint density at radius 3 is 2.80 bits per heavy atom. The van der Waals surface area contributed by atoms with Crippen molar-refractivity contribution in [3.8, 4) is 5.75 Å². The Morgan fingerprint density at radius 2 is 2.20 bits per heavy atom. The van der Waals surface area contributed by atoms with E-state index in [1.807, 2.05) is 0 Å². The number of unbranched alkanes of at least 4 members (excludes halogenated alkanes) is 1. The number of aliphatic hydroxyl groups excluding tert-OH is 2. The smallest absolute Gasteiger partial charge is 0.294 e. The van der Waals surface area contributed by atoms with E-state index >= 15 is 0 Å². The largest absolute Gasteiger partial charge is 0.506 e. The zero-order chi connectivity index (χ0) is 15.1. The summed E-state index contributed by atoms with van der Waals surface area (Å²) in [4.78, 5) is 18.0. The van der Waals surface area contributed by atoms with E-state index in [4.69, 9.17) is 0 Å². The minimum atomic E-state index is -0.963. The predicted octanol–water partition coefficient (Wildman–Crippen LogP) is 1.000. The van der Waals surface area contributed by atoms with Gasteiger partial charge in [0.25, 0.3) is 5.09 Å². The summed E-state index contributed by atoms with van der Waals surface area (Å²) in [6, 6.07) is 0. The third-order valence-corrected chi connectivity index (χ3v) is 2.93. The van der Waals surface area contributed by atoms with Crippen molar-refractivity contribution < 1.29 is 25.2 Å². The fraction of sp³-hybridized carbons (Fsp3) is 0.583. The van der Waals surface area contributed by atoms with Gasteiger partial charge in [-0.05, 0) is 26.2 Å². The van der Waals surface area contributed by atoms with E-state index in [-0.39, 0.29) is 24.5 Å². The zero-order valence-corrected chi connectivity index (χ0v) is 11.2. The van der Waals surface area contributed by atoms with Crippen molar-refractivity contribution in [2.75, 3.05) is 6.61 Å². The molecule has 0 radical (unpaired) electrons. The second-order valence-electron chi connectivity index (χ2n) is 4.36. The van der Waals surface area contributed by atoms with Crippen molar-refractivity contribution in [3.63, 3.8) is 0 Å². The summed E-state index contributed by atoms with van der Waals surface area (Å²) >= 11 is 0. The lowest BCUT2D eigenvalue weighted by molar-refractivity contribution is -0.757. The molecule has 112 valence electrons. The lowest BCUT2D eigenvalue weighted by atomic mass is 9.98. The Bertz CT molecular complexity index is 466. The first kappa shape index (κ1) is 16.1. The molecule has 0 spiro atoms. The van der Waals surface area contributed by atoms with E-state index in [1.165, 1.54) is 6.20 Å². The van der Waals surface area contributed by atoms with Gasteiger partial charge < -0.3 is 20.2 Å². The van der Waals surface area contributed by atoms with Crippen LogP contribution in [-0.2, 0) is 11.4 Å². The molecule has 0 aliphatic carbocycles. The number of aromatic nitrogens is 1. The number of aliphatic hydroxyl groups is 2. The van der Waals surface area contributed by atoms with Crippen molar-refractivity contribution in [1.29, 1.82) is 0 Å². The van der Waals surface area contributed by atoms with Crippen molar-refractivity contribution >= 4 is 0 Å². The number of rotatable bonds is 8. The van der Waals surface area contributed by atoms with Gasteiger partial charge in [0, 0.05) is 17.3 Å². The number of aryl methyl sites for hydroxylation is 1. The van der Waals surface area contributed by atoms with Gasteiger partial charge in [-0.2, -0.15) is 0 Å². The van der Waals surface area contributed by atoms with Gasteiger partial charge in [0.15, 0.2) is 0 Å². The van der Waals surface area contributed by atoms with Crippen LogP contribution in [0.3, 0.4) is 0 Å². The van der Waals surface area contributed by atoms with E-state index in [0.29, 0.717) is 30.5 Å². The Hall–Kier alpha value is -1.93. The lowest BCUT2D eigenvalue weighted by Crippen LogP contribution is -2.07. The minimum Gasteiger partial charge on any atom is -0.506 e. The summed E-state index contributed by atoms with van der Waals surface area (Å²) in [6.45, 7) is 1.23. The summed E-state index contributed by atoms with van der Waals surface area (Å²) in [5.41, 5.74) is 0.991. The molecule has 8 heteroatoms. The third kappa shape index (κ3) is 4.32. The van der Waals surface area contributed by atoms with Crippen LogP contribution in [0.5, 0.6) is 5.75 Å². The van der Waals surface area contributed by atoms with Gasteiger partial charge in [-0.3, -0.25) is 4.98 Å². The lowest BCUT2D eigenvalue weighted by Gasteiger charge is -2.17. The fourth-order valence-corrected chi connectivity index (χ4v) is 1.87. The monoisotopic (exact) mass is 286 g/mol. The van der Waals surface area contributed by atoms with Gasteiger partial charge in [-0.1, -0.05) is 0 Å². The molecule has 3 N–H and O–H groups in total. The number of aromatic hydroxyl groups is 1. The summed E-state index contributed by atoms with van der Waals surface area (Å²) in [5, 5.41) is 38.3. The summed E-state index contributed by atoms with van der Waals surface area (Å²) < 4.78 is 0. The minimum absolute atomic E-state index is 0.0338. The topological polar surface area (TPSA) is 126 Å². The predicted molar refractivity (Wildman–Crippen MR) is 68.3 cm³/mol. The SMILES string of the molecule is Cc1ncc(CO)c(C(O)CCCCO[N+](=O)[O-])c1O. The molecule has 1 atom stereocenters. The van der Waals surface area contributed by atoms with Gasteiger partial charge in [0.05, 0.1) is 25.0 Å². The van der Waals surface area contributed by atoms with Crippen LogP contribution in [0.4, 0.5) is 0 Å². The van der Waals surface area contributed by atoms with Crippen LogP contribution in [0.15, 0.2) is 6.20 Å². The molecule has 1 unspecified atom stereocenters. The molecule has 0 saturated carbocycles. The highest BCUT2D eigenvalue weighted by Crippen LogP contribution is 2.32. The molecule has 8 nitrogen and oxygen atoms in total. The molecular weight excluding hydrogens is 268 g/mol. The van der Waals surface area contributed by atoms with E-state index in [2.05, 4.69) is 9.82 Å². The van der Waals surface area contributed by atoms with Crippen molar-refractivity contribution in [1.82, 2.24) is 4.98 Å². The molecule has 1 heterocycles. The average Bonchev–Trinajstić information content (AvgIpc) is 2.40. The van der Waals surface area contributed by atoms with Crippen LogP contribution in [0.2, 0.25) is 0 Å². The molecular formula is C12H18N2O6. The Kier molecular flexibility index (Phi) is 6.13. The van der Waals surface area contributed by atoms with E-state index < -0.39 is 11.2 Å². The molecule has 20 heavy (non-hydrogen) atoms. The first-order valence-electron chi connectivity index (χ1n) is 6.21. The number of nitrogens with zero attached hydrogens (tertiary/aromatic N) is 2. The first-order valence-corrected chi connectivity index (χ1v) is 6.21. The molecule has 0 amide bonds. The standard InChI is InChI=1S/C12H18N2O6/c1-8-12(17)11(9(7-15)6-13-8)10(16)4-2-3-5-20-14(18)19/h6,10,15-17H,2-5,7H2,1H3. The van der Waals surface area contributed by atoms with Crippen LogP contribution < -0.4 is 0 Å². The molecule has 0 aromatic carbocycles. The second-order valence-corrected chi connectivity index (χ2v) is 4.36. The number of hydrogen-bond acceptors (Lipinski definition) is 7. The maximum atomic E-state index is 10.1. The van der Waals surface area contributed by atoms with Crippen LogP contribution in [0.1, 0.15) is 42.2 Å². The maximum absolute atomic E-state index is 10.1. The molecule has 0 aliphatic heterocycles. The molecule has 0 saturated heterocycles. The van der Waals surface area contributed by atoms with E-state index in [1.54, 1.807) is 6.92 Å². The van der Waals surface area contributed by atoms with E-state index in [0.717, 1.165) is 0 Å². The van der Waals surface area contributed by atoms with Gasteiger partial charge in [0.1, 0.15) is 5.75 Å². The number of hydrogen-bond donors (Lipinski definition) is 3. The summed E-state index contributed by atoms with van der Waals surface area (Å²) in [7, 11) is 0. The summed E-state index contributed by atoms with van der Waals surface area (Å²) in [6.07, 6.45) is 1.64. The van der Waals surface area contributed by atoms with Gasteiger partial charge in [0.2, 0.25) is 0 Å². The molecule has 1 rings (SSSR count). The fourth-order valence-electron chi connectivity index (χ4n) is 1.87. The molecule has 1 aromatic rings. The Morgan fingerprint density at radius 1 is 1.50 bits per heavy atom. The molecule has 1 aromatic heterocycles. The van der Waals surface area contributed by atoms with Crippen LogP contribution in [0.25, 0.3) is 0 Å². The van der Waals surface area contributed by atoms with Crippen molar-refractivity contribution in [2.24, 2.45) is 0 Å². The zero-order valence-electron chi connectivity index (χ0n) is 11.2. The van der Waals surface area contributed by atoms with Crippen LogP contribution >= 0.6 is 0 Å². The molecule has 0 aliphatic rings. The van der Waals surface area contributed by atoms with Gasteiger partial charge in [-0.15, -0.1) is 10.1 Å². The van der Waals surface area contributed by atoms with Gasteiger partial charge >= 0.3 is 0 Å². The highest BCUT2D eigenvalue weighted by molar-refractivity contribution is 5.42. The second kappa shape index (κ2) is 7.61. The van der Waals surface area contributed by atoms with Crippen LogP contribution in [0, 0.1) is 17.0 Å². The number of pyridine rings is 1. The normalized spacial score (nSPS) is 12.2. The highest BCUT2D eigenvalue weighted by atomic mass is 16.9. The van der Waals surface area contributed by atoms with Crippen molar-refractivity contribution in [3.05, 3.63) is 33.1 Å². The Labute approximate surface area is 115 Å². The molecule has 0 fully saturated rings. The third-order valence-electron chi connectivity index (χ3n) is 2.93. The average molecular weight is 286 g/mol. The van der Waals surface area contributed by atoms with Crippen molar-refractivity contribution in [2.45, 2.75) is 38.9 Å². The maximum Gasteiger partial charge on any atom is 0.294 e. The quantitative estimate of drug-likeness (QED) is 0.369. The van der Waals surface area contributed by atoms with Crippen LogP contribution in [-0.4, -0.2) is 32.0 Å². The first-order chi connectivity index (χ1) is 9.47. The Balaban J connectivity index is 2.61. The summed E-state index contributed by atoms with van der Waals surface area (Å²) in [5.74, 6) is -0.134. The van der Waals surface area contributed by atoms with E-state index in [9.17, 15) is 25.4 Å². The van der Waals surface area contributed by atoms with Gasteiger partial charge in [-0.25, -0.2) is 0 Å². The highest BCUT2D eigenvalue weighted by Gasteiger charge is 2.18. The molecule has 0 bridgehead atoms.